The largest absolute Gasteiger partial charge is 0.115 e. The SMILES string of the molecule is C#Cc1cccc(C23CC4(C)CC(C)(C2)CC(C25CC6(C)CC(C)(CC(c7cccc(C#C)c7)(C6)C2)C5)(C4)C3)c1. The van der Waals surface area contributed by atoms with Gasteiger partial charge in [-0.1, -0.05) is 63.8 Å². The molecule has 2 aromatic carbocycles. The van der Waals surface area contributed by atoms with Crippen molar-refractivity contribution >= 4 is 0 Å². The maximum atomic E-state index is 5.95. The zero-order chi connectivity index (χ0) is 27.9. The van der Waals surface area contributed by atoms with Crippen LogP contribution in [-0.2, 0) is 10.8 Å². The molecule has 0 heteroatoms. The van der Waals surface area contributed by atoms with Crippen molar-refractivity contribution in [3.63, 3.8) is 0 Å². The summed E-state index contributed by atoms with van der Waals surface area (Å²) < 4.78 is 0. The van der Waals surface area contributed by atoms with Gasteiger partial charge in [-0.2, -0.15) is 0 Å². The van der Waals surface area contributed by atoms with Crippen LogP contribution in [0.5, 0.6) is 0 Å². The van der Waals surface area contributed by atoms with Crippen molar-refractivity contribution in [3.8, 4) is 24.7 Å². The van der Waals surface area contributed by atoms with E-state index >= 15 is 0 Å². The highest BCUT2D eigenvalue weighted by Crippen LogP contribution is 2.85. The molecule has 0 nitrogen and oxygen atoms in total. The first kappa shape index (κ1) is 25.3. The van der Waals surface area contributed by atoms with Crippen LogP contribution in [0.1, 0.15) is 127 Å². The lowest BCUT2D eigenvalue weighted by Gasteiger charge is -2.80. The Morgan fingerprint density at radius 2 is 0.825 bits per heavy atom. The smallest absolute Gasteiger partial charge is 0.0245 e. The summed E-state index contributed by atoms with van der Waals surface area (Å²) in [6, 6.07) is 18.4. The molecule has 2 aromatic rings. The number of terminal acetylenes is 2. The van der Waals surface area contributed by atoms with Crippen LogP contribution < -0.4 is 0 Å². The van der Waals surface area contributed by atoms with Gasteiger partial charge >= 0.3 is 0 Å². The van der Waals surface area contributed by atoms with Crippen molar-refractivity contribution in [1.29, 1.82) is 0 Å². The Morgan fingerprint density at radius 1 is 0.475 bits per heavy atom. The fraction of sp³-hybridized carbons (Fsp3) is 0.600. The molecule has 0 aromatic heterocycles. The van der Waals surface area contributed by atoms with Crippen molar-refractivity contribution in [2.75, 3.05) is 0 Å². The molecule has 0 aliphatic heterocycles. The Kier molecular flexibility index (Phi) is 4.62. The van der Waals surface area contributed by atoms with Crippen molar-refractivity contribution < 1.29 is 0 Å². The van der Waals surface area contributed by atoms with Gasteiger partial charge in [-0.05, 0) is 156 Å². The van der Waals surface area contributed by atoms with E-state index in [1.54, 1.807) is 11.1 Å². The van der Waals surface area contributed by atoms with Crippen LogP contribution in [0.3, 0.4) is 0 Å². The Morgan fingerprint density at radius 3 is 1.15 bits per heavy atom. The molecule has 4 unspecified atom stereocenters. The minimum absolute atomic E-state index is 0.257. The van der Waals surface area contributed by atoms with Gasteiger partial charge in [0.2, 0.25) is 0 Å². The highest BCUT2D eigenvalue weighted by atomic mass is 14.8. The molecule has 10 rings (SSSR count). The molecule has 0 radical (unpaired) electrons. The lowest BCUT2D eigenvalue weighted by atomic mass is 9.24. The minimum Gasteiger partial charge on any atom is -0.115 e. The molecule has 0 heterocycles. The molecular weight excluding hydrogens is 480 g/mol. The summed E-state index contributed by atoms with van der Waals surface area (Å²) in [4.78, 5) is 0. The first-order valence-corrected chi connectivity index (χ1v) is 16.0. The summed E-state index contributed by atoms with van der Waals surface area (Å²) in [5.41, 5.74) is 8.17. The number of benzene rings is 2. The second-order valence-corrected chi connectivity index (χ2v) is 17.9. The van der Waals surface area contributed by atoms with Gasteiger partial charge in [-0.25, -0.2) is 0 Å². The molecule has 0 N–H and O–H groups in total. The summed E-state index contributed by atoms with van der Waals surface area (Å²) in [5.74, 6) is 5.93. The molecule has 8 saturated carbocycles. The standard InChI is InChI=1S/C40H46/c1-7-29-11-9-13-31(15-29)37-19-33(3)17-34(4,20-37)24-39(23-33,27-37)40-25-35(5)18-36(6,26-40)22-38(21-35,28-40)32-14-10-12-30(8-2)16-32/h1-2,9-16H,17-28H2,3-6H3. The van der Waals surface area contributed by atoms with E-state index in [1.807, 2.05) is 0 Å². The second-order valence-electron chi connectivity index (χ2n) is 17.9. The fourth-order valence-electron chi connectivity index (χ4n) is 15.0. The van der Waals surface area contributed by atoms with Crippen LogP contribution in [-0.4, -0.2) is 0 Å². The highest BCUT2D eigenvalue weighted by Gasteiger charge is 2.76. The third-order valence-corrected chi connectivity index (χ3v) is 13.6. The highest BCUT2D eigenvalue weighted by molar-refractivity contribution is 5.44. The Hall–Kier alpha value is -2.44. The minimum atomic E-state index is 0.257. The molecule has 8 bridgehead atoms. The molecular formula is C40H46. The first-order valence-electron chi connectivity index (χ1n) is 16.0. The van der Waals surface area contributed by atoms with Crippen LogP contribution in [0.15, 0.2) is 48.5 Å². The summed E-state index contributed by atoms with van der Waals surface area (Å²) in [6.07, 6.45) is 28.5. The van der Waals surface area contributed by atoms with Crippen molar-refractivity contribution in [2.45, 2.75) is 116 Å². The maximum absolute atomic E-state index is 5.95. The van der Waals surface area contributed by atoms with Crippen molar-refractivity contribution in [1.82, 2.24) is 0 Å². The van der Waals surface area contributed by atoms with Crippen LogP contribution in [0.25, 0.3) is 0 Å². The number of rotatable bonds is 3. The average Bonchev–Trinajstić information content (AvgIpc) is 2.84. The first-order chi connectivity index (χ1) is 18.8. The Bertz CT molecular complexity index is 1370. The Labute approximate surface area is 243 Å². The Balaban J connectivity index is 1.32. The fourth-order valence-corrected chi connectivity index (χ4v) is 15.0. The van der Waals surface area contributed by atoms with Crippen molar-refractivity contribution in [3.05, 3.63) is 70.8 Å². The maximum Gasteiger partial charge on any atom is 0.0245 e. The van der Waals surface area contributed by atoms with Gasteiger partial charge in [0.05, 0.1) is 0 Å². The van der Waals surface area contributed by atoms with Gasteiger partial charge in [0.25, 0.3) is 0 Å². The lowest BCUT2D eigenvalue weighted by Crippen LogP contribution is -2.71. The molecule has 40 heavy (non-hydrogen) atoms. The molecule has 8 aliphatic carbocycles. The lowest BCUT2D eigenvalue weighted by molar-refractivity contribution is -0.275. The third kappa shape index (κ3) is 3.24. The van der Waals surface area contributed by atoms with E-state index in [0.29, 0.717) is 32.5 Å². The number of hydrogen-bond acceptors (Lipinski definition) is 0. The van der Waals surface area contributed by atoms with Crippen LogP contribution >= 0.6 is 0 Å². The quantitative estimate of drug-likeness (QED) is 0.349. The molecule has 0 spiro atoms. The second kappa shape index (κ2) is 7.30. The normalized spacial score (nSPS) is 49.5. The predicted octanol–water partition coefficient (Wildman–Crippen LogP) is 9.59. The van der Waals surface area contributed by atoms with Gasteiger partial charge in [0.15, 0.2) is 0 Å². The van der Waals surface area contributed by atoms with E-state index in [4.69, 9.17) is 12.8 Å². The third-order valence-electron chi connectivity index (χ3n) is 13.6. The van der Waals surface area contributed by atoms with Gasteiger partial charge in [0, 0.05) is 11.1 Å². The number of hydrogen-bond donors (Lipinski definition) is 0. The molecule has 206 valence electrons. The van der Waals surface area contributed by atoms with Crippen LogP contribution in [0.4, 0.5) is 0 Å². The van der Waals surface area contributed by atoms with E-state index in [1.165, 1.54) is 77.0 Å². The molecule has 8 aliphatic rings. The monoisotopic (exact) mass is 526 g/mol. The average molecular weight is 527 g/mol. The molecule has 0 amide bonds. The van der Waals surface area contributed by atoms with E-state index < -0.39 is 0 Å². The molecule has 0 saturated heterocycles. The van der Waals surface area contributed by atoms with Gasteiger partial charge in [-0.15, -0.1) is 12.8 Å². The molecule has 4 atom stereocenters. The van der Waals surface area contributed by atoms with Crippen molar-refractivity contribution in [2.24, 2.45) is 32.5 Å². The van der Waals surface area contributed by atoms with E-state index in [9.17, 15) is 0 Å². The van der Waals surface area contributed by atoms with E-state index in [0.717, 1.165) is 11.1 Å². The van der Waals surface area contributed by atoms with E-state index in [2.05, 4.69) is 88.1 Å². The van der Waals surface area contributed by atoms with Crippen LogP contribution in [0, 0.1) is 57.2 Å². The topological polar surface area (TPSA) is 0 Å². The summed E-state index contributed by atoms with van der Waals surface area (Å²) in [5, 5.41) is 0. The van der Waals surface area contributed by atoms with Gasteiger partial charge in [-0.3, -0.25) is 0 Å². The van der Waals surface area contributed by atoms with Crippen LogP contribution in [0.2, 0.25) is 0 Å². The molecule has 8 fully saturated rings. The zero-order valence-electron chi connectivity index (χ0n) is 25.3. The zero-order valence-corrected chi connectivity index (χ0v) is 25.3. The van der Waals surface area contributed by atoms with Gasteiger partial charge in [0.1, 0.15) is 0 Å². The summed E-state index contributed by atoms with van der Waals surface area (Å²) >= 11 is 0. The predicted molar refractivity (Wildman–Crippen MR) is 165 cm³/mol. The summed E-state index contributed by atoms with van der Waals surface area (Å²) in [6.45, 7) is 10.7. The van der Waals surface area contributed by atoms with E-state index in [-0.39, 0.29) is 10.8 Å². The summed E-state index contributed by atoms with van der Waals surface area (Å²) in [7, 11) is 0. The van der Waals surface area contributed by atoms with Gasteiger partial charge < -0.3 is 0 Å².